The van der Waals surface area contributed by atoms with Gasteiger partial charge in [0.05, 0.1) is 23.3 Å². The average molecular weight is 400 g/mol. The minimum absolute atomic E-state index is 0.215. The van der Waals surface area contributed by atoms with E-state index in [1.807, 2.05) is 24.3 Å². The van der Waals surface area contributed by atoms with E-state index in [-0.39, 0.29) is 5.91 Å². The number of nitrogens with zero attached hydrogens (tertiary/aromatic N) is 5. The lowest BCUT2D eigenvalue weighted by molar-refractivity contribution is 0.102. The molecule has 2 aromatic carbocycles. The number of para-hydroxylation sites is 2. The molecule has 0 bridgehead atoms. The minimum Gasteiger partial charge on any atom is -0.397 e. The van der Waals surface area contributed by atoms with Crippen molar-refractivity contribution in [3.63, 3.8) is 0 Å². The van der Waals surface area contributed by atoms with Crippen molar-refractivity contribution in [2.24, 2.45) is 7.05 Å². The third-order valence-electron chi connectivity index (χ3n) is 4.51. The number of aromatic nitrogens is 5. The summed E-state index contributed by atoms with van der Waals surface area (Å²) < 4.78 is 1.65. The van der Waals surface area contributed by atoms with Crippen LogP contribution in [0.2, 0.25) is 0 Å². The molecular weight excluding hydrogens is 380 g/mol. The van der Waals surface area contributed by atoms with E-state index in [9.17, 15) is 4.79 Å². The van der Waals surface area contributed by atoms with Gasteiger partial charge in [0, 0.05) is 25.4 Å². The second-order valence-electron chi connectivity index (χ2n) is 6.60. The molecule has 1 amide bonds. The molecule has 4 aromatic rings. The smallest absolute Gasteiger partial charge is 0.255 e. The van der Waals surface area contributed by atoms with E-state index in [2.05, 4.69) is 30.9 Å². The molecule has 0 unspecified atom stereocenters. The summed E-state index contributed by atoms with van der Waals surface area (Å²) in [6.45, 7) is 0.515. The summed E-state index contributed by atoms with van der Waals surface area (Å²) in [6.07, 6.45) is 3.33. The van der Waals surface area contributed by atoms with Gasteiger partial charge in [0.1, 0.15) is 5.69 Å². The van der Waals surface area contributed by atoms with Gasteiger partial charge in [0.2, 0.25) is 5.95 Å². The first-order valence-corrected chi connectivity index (χ1v) is 9.27. The molecule has 0 aliphatic carbocycles. The van der Waals surface area contributed by atoms with Crippen LogP contribution in [0.25, 0.3) is 11.4 Å². The molecule has 0 saturated carbocycles. The number of hydrogen-bond acceptors (Lipinski definition) is 7. The lowest BCUT2D eigenvalue weighted by Crippen LogP contribution is -2.13. The predicted molar refractivity (Wildman–Crippen MR) is 115 cm³/mol. The van der Waals surface area contributed by atoms with Crippen molar-refractivity contribution in [2.45, 2.75) is 6.54 Å². The molecule has 0 radical (unpaired) electrons. The van der Waals surface area contributed by atoms with E-state index in [1.54, 1.807) is 54.5 Å². The van der Waals surface area contributed by atoms with Gasteiger partial charge in [-0.15, -0.1) is 5.10 Å². The Morgan fingerprint density at radius 2 is 1.90 bits per heavy atom. The molecular formula is C21H20N8O. The van der Waals surface area contributed by atoms with Gasteiger partial charge in [-0.1, -0.05) is 29.5 Å². The number of rotatable bonds is 6. The van der Waals surface area contributed by atoms with E-state index in [4.69, 9.17) is 5.73 Å². The molecule has 0 spiro atoms. The first kappa shape index (κ1) is 19.1. The molecule has 2 aromatic heterocycles. The number of nitrogen functional groups attached to an aromatic ring is 1. The van der Waals surface area contributed by atoms with Gasteiger partial charge in [-0.3, -0.25) is 4.79 Å². The molecule has 0 aliphatic rings. The van der Waals surface area contributed by atoms with Crippen LogP contribution in [0.15, 0.2) is 67.0 Å². The van der Waals surface area contributed by atoms with Gasteiger partial charge in [-0.25, -0.2) is 14.6 Å². The fraction of sp³-hybridized carbons (Fsp3) is 0.0952. The van der Waals surface area contributed by atoms with Crippen LogP contribution in [-0.2, 0) is 13.6 Å². The second kappa shape index (κ2) is 8.39. The average Bonchev–Trinajstić information content (AvgIpc) is 3.20. The molecule has 0 aliphatic heterocycles. The highest BCUT2D eigenvalue weighted by atomic mass is 16.1. The second-order valence-corrected chi connectivity index (χ2v) is 6.60. The minimum atomic E-state index is -0.215. The molecule has 4 rings (SSSR count). The maximum Gasteiger partial charge on any atom is 0.255 e. The topological polar surface area (TPSA) is 124 Å². The van der Waals surface area contributed by atoms with Crippen LogP contribution >= 0.6 is 0 Å². The highest BCUT2D eigenvalue weighted by Crippen LogP contribution is 2.18. The van der Waals surface area contributed by atoms with E-state index in [0.717, 1.165) is 17.0 Å². The Morgan fingerprint density at radius 1 is 1.10 bits per heavy atom. The summed E-state index contributed by atoms with van der Waals surface area (Å²) >= 11 is 0. The Hall–Kier alpha value is -4.27. The number of nitrogens with one attached hydrogen (secondary N) is 2. The fourth-order valence-electron chi connectivity index (χ4n) is 2.87. The van der Waals surface area contributed by atoms with Crippen molar-refractivity contribution in [3.05, 3.63) is 78.1 Å². The van der Waals surface area contributed by atoms with Crippen LogP contribution in [0.5, 0.6) is 0 Å². The molecule has 4 N–H and O–H groups in total. The Labute approximate surface area is 173 Å². The first-order chi connectivity index (χ1) is 14.6. The lowest BCUT2D eigenvalue weighted by Gasteiger charge is -2.09. The zero-order valence-electron chi connectivity index (χ0n) is 16.3. The van der Waals surface area contributed by atoms with E-state index in [0.29, 0.717) is 29.4 Å². The molecule has 2 heterocycles. The maximum atomic E-state index is 12.4. The molecule has 0 atom stereocenters. The van der Waals surface area contributed by atoms with Gasteiger partial charge in [-0.05, 0) is 35.9 Å². The number of amides is 1. The Kier molecular flexibility index (Phi) is 5.33. The monoisotopic (exact) mass is 400 g/mol. The summed E-state index contributed by atoms with van der Waals surface area (Å²) in [5.74, 6) is 0.281. The van der Waals surface area contributed by atoms with Crippen molar-refractivity contribution >= 4 is 23.2 Å². The van der Waals surface area contributed by atoms with Gasteiger partial charge >= 0.3 is 0 Å². The number of anilines is 3. The normalized spacial score (nSPS) is 10.6. The predicted octanol–water partition coefficient (Wildman–Crippen LogP) is 2.72. The summed E-state index contributed by atoms with van der Waals surface area (Å²) in [7, 11) is 1.81. The Morgan fingerprint density at radius 3 is 2.63 bits per heavy atom. The first-order valence-electron chi connectivity index (χ1n) is 9.27. The van der Waals surface area contributed by atoms with Crippen LogP contribution in [0.1, 0.15) is 15.9 Å². The van der Waals surface area contributed by atoms with Gasteiger partial charge in [0.15, 0.2) is 0 Å². The number of aryl methyl sites for hydroxylation is 1. The van der Waals surface area contributed by atoms with Crippen LogP contribution in [-0.4, -0.2) is 30.9 Å². The van der Waals surface area contributed by atoms with Crippen molar-refractivity contribution in [2.75, 3.05) is 16.4 Å². The molecule has 150 valence electrons. The van der Waals surface area contributed by atoms with Gasteiger partial charge in [-0.2, -0.15) is 0 Å². The van der Waals surface area contributed by atoms with Crippen LogP contribution < -0.4 is 16.4 Å². The quantitative estimate of drug-likeness (QED) is 0.425. The van der Waals surface area contributed by atoms with Crippen molar-refractivity contribution in [1.29, 1.82) is 0 Å². The van der Waals surface area contributed by atoms with E-state index < -0.39 is 0 Å². The lowest BCUT2D eigenvalue weighted by atomic mass is 10.1. The van der Waals surface area contributed by atoms with E-state index >= 15 is 0 Å². The standard InChI is InChI=1S/C21H20N8O/c1-29-19(13-25-28-29)18-10-11-23-21(27-18)24-12-14-6-8-15(9-7-14)20(30)26-17-5-3-2-4-16(17)22/h2-11,13H,12,22H2,1H3,(H,26,30)(H,23,24,27). The summed E-state index contributed by atoms with van der Waals surface area (Å²) in [5.41, 5.74) is 10.1. The number of benzene rings is 2. The Balaban J connectivity index is 1.39. The zero-order chi connectivity index (χ0) is 20.9. The number of carbonyl (C=O) groups is 1. The highest BCUT2D eigenvalue weighted by molar-refractivity contribution is 6.05. The van der Waals surface area contributed by atoms with Crippen LogP contribution in [0.4, 0.5) is 17.3 Å². The number of hydrogen-bond donors (Lipinski definition) is 3. The maximum absolute atomic E-state index is 12.4. The van der Waals surface area contributed by atoms with Crippen molar-refractivity contribution in [3.8, 4) is 11.4 Å². The molecule has 0 fully saturated rings. The fourth-order valence-corrected chi connectivity index (χ4v) is 2.87. The molecule has 0 saturated heterocycles. The Bertz CT molecular complexity index is 1170. The number of nitrogens with two attached hydrogens (primary N) is 1. The van der Waals surface area contributed by atoms with Crippen molar-refractivity contribution < 1.29 is 4.79 Å². The highest BCUT2D eigenvalue weighted by Gasteiger charge is 2.09. The van der Waals surface area contributed by atoms with Crippen LogP contribution in [0.3, 0.4) is 0 Å². The zero-order valence-corrected chi connectivity index (χ0v) is 16.3. The molecule has 30 heavy (non-hydrogen) atoms. The summed E-state index contributed by atoms with van der Waals surface area (Å²) in [5, 5.41) is 13.8. The van der Waals surface area contributed by atoms with Crippen molar-refractivity contribution in [1.82, 2.24) is 25.0 Å². The van der Waals surface area contributed by atoms with Gasteiger partial charge in [0.25, 0.3) is 5.91 Å². The van der Waals surface area contributed by atoms with Gasteiger partial charge < -0.3 is 16.4 Å². The summed E-state index contributed by atoms with van der Waals surface area (Å²) in [4.78, 5) is 21.2. The third kappa shape index (κ3) is 4.25. The molecule has 9 heteroatoms. The van der Waals surface area contributed by atoms with E-state index in [1.165, 1.54) is 0 Å². The molecule has 9 nitrogen and oxygen atoms in total. The third-order valence-corrected chi connectivity index (χ3v) is 4.51. The largest absolute Gasteiger partial charge is 0.397 e. The SMILES string of the molecule is Cn1nncc1-c1ccnc(NCc2ccc(C(=O)Nc3ccccc3N)cc2)n1. The van der Waals surface area contributed by atoms with Crippen LogP contribution in [0, 0.1) is 0 Å². The summed E-state index contributed by atoms with van der Waals surface area (Å²) in [6, 6.07) is 16.2. The number of carbonyl (C=O) groups excluding carboxylic acids is 1.